The number of carbonyl (C=O) groups is 1. The van der Waals surface area contributed by atoms with Crippen LogP contribution in [-0.2, 0) is 17.9 Å². The topological polar surface area (TPSA) is 112 Å². The lowest BCUT2D eigenvalue weighted by Gasteiger charge is -2.14. The molecule has 0 atom stereocenters. The molecule has 0 fully saturated rings. The van der Waals surface area contributed by atoms with Crippen molar-refractivity contribution in [3.63, 3.8) is 0 Å². The fourth-order valence-electron chi connectivity index (χ4n) is 2.22. The van der Waals surface area contributed by atoms with Crippen LogP contribution in [0.25, 0.3) is 0 Å². The van der Waals surface area contributed by atoms with E-state index < -0.39 is 11.2 Å². The predicted octanol–water partition coefficient (Wildman–Crippen LogP) is -0.121. The van der Waals surface area contributed by atoms with Crippen LogP contribution in [-0.4, -0.2) is 36.8 Å². The van der Waals surface area contributed by atoms with Gasteiger partial charge in [0.15, 0.2) is 11.5 Å². The Bertz CT molecular complexity index is 846. The van der Waals surface area contributed by atoms with Crippen LogP contribution in [0.5, 0.6) is 17.2 Å². The highest BCUT2D eigenvalue weighted by atomic mass is 16.5. The van der Waals surface area contributed by atoms with E-state index >= 15 is 0 Å². The normalized spacial score (nSPS) is 10.2. The standard InChI is InChI=1S/C16H19N3O6/c1-23-11-6-10(7-12(24-2)15(11)25-3)8-17-14(21)9-19-5-4-13(20)18-16(19)22/h4-7H,8-9H2,1-3H3,(H,17,21)(H,18,20,22). The first-order chi connectivity index (χ1) is 12.0. The van der Waals surface area contributed by atoms with E-state index in [-0.39, 0.29) is 19.0 Å². The molecule has 1 heterocycles. The molecule has 2 aromatic rings. The highest BCUT2D eigenvalue weighted by Gasteiger charge is 2.13. The Morgan fingerprint density at radius 3 is 2.28 bits per heavy atom. The molecule has 9 heteroatoms. The molecule has 0 radical (unpaired) electrons. The van der Waals surface area contributed by atoms with E-state index in [1.54, 1.807) is 12.1 Å². The quantitative estimate of drug-likeness (QED) is 0.721. The number of aromatic amines is 1. The summed E-state index contributed by atoms with van der Waals surface area (Å²) >= 11 is 0. The molecule has 2 N–H and O–H groups in total. The summed E-state index contributed by atoms with van der Waals surface area (Å²) < 4.78 is 16.8. The molecule has 0 spiro atoms. The lowest BCUT2D eigenvalue weighted by molar-refractivity contribution is -0.121. The summed E-state index contributed by atoms with van der Waals surface area (Å²) in [6, 6.07) is 4.61. The van der Waals surface area contributed by atoms with Crippen LogP contribution in [0.4, 0.5) is 0 Å². The average molecular weight is 349 g/mol. The van der Waals surface area contributed by atoms with Gasteiger partial charge < -0.3 is 19.5 Å². The smallest absolute Gasteiger partial charge is 0.328 e. The minimum absolute atomic E-state index is 0.202. The number of ether oxygens (including phenoxy) is 3. The molecule has 0 saturated heterocycles. The third-order valence-corrected chi connectivity index (χ3v) is 3.42. The van der Waals surface area contributed by atoms with Crippen LogP contribution in [0.15, 0.2) is 34.0 Å². The van der Waals surface area contributed by atoms with E-state index in [0.717, 1.165) is 10.1 Å². The molecule has 1 amide bonds. The number of aromatic nitrogens is 2. The molecule has 25 heavy (non-hydrogen) atoms. The highest BCUT2D eigenvalue weighted by molar-refractivity contribution is 5.75. The van der Waals surface area contributed by atoms with Crippen molar-refractivity contribution in [3.8, 4) is 17.2 Å². The second-order valence-electron chi connectivity index (χ2n) is 5.05. The van der Waals surface area contributed by atoms with Gasteiger partial charge in [0.05, 0.1) is 21.3 Å². The summed E-state index contributed by atoms with van der Waals surface area (Å²) in [7, 11) is 4.51. The summed E-state index contributed by atoms with van der Waals surface area (Å²) in [6.07, 6.45) is 1.26. The minimum atomic E-state index is -0.643. The monoisotopic (exact) mass is 349 g/mol. The molecule has 0 aliphatic carbocycles. The van der Waals surface area contributed by atoms with Crippen LogP contribution < -0.4 is 30.8 Å². The number of hydrogen-bond donors (Lipinski definition) is 2. The maximum Gasteiger partial charge on any atom is 0.328 e. The number of carbonyl (C=O) groups excluding carboxylic acids is 1. The molecule has 9 nitrogen and oxygen atoms in total. The number of H-pyrrole nitrogens is 1. The fraction of sp³-hybridized carbons (Fsp3) is 0.312. The molecule has 0 unspecified atom stereocenters. The maximum absolute atomic E-state index is 12.0. The van der Waals surface area contributed by atoms with E-state index in [2.05, 4.69) is 10.3 Å². The molecule has 2 rings (SSSR count). The van der Waals surface area contributed by atoms with Crippen molar-refractivity contribution in [3.05, 3.63) is 50.8 Å². The van der Waals surface area contributed by atoms with Crippen molar-refractivity contribution in [1.29, 1.82) is 0 Å². The lowest BCUT2D eigenvalue weighted by atomic mass is 10.1. The third-order valence-electron chi connectivity index (χ3n) is 3.42. The van der Waals surface area contributed by atoms with E-state index in [1.165, 1.54) is 33.6 Å². The molecule has 134 valence electrons. The summed E-state index contributed by atoms with van der Waals surface area (Å²) in [6.45, 7) is -0.00626. The molecule has 0 aliphatic rings. The number of methoxy groups -OCH3 is 3. The van der Waals surface area contributed by atoms with Gasteiger partial charge in [-0.1, -0.05) is 0 Å². The fourth-order valence-corrected chi connectivity index (χ4v) is 2.22. The minimum Gasteiger partial charge on any atom is -0.493 e. The number of amides is 1. The number of nitrogens with zero attached hydrogens (tertiary/aromatic N) is 1. The van der Waals surface area contributed by atoms with Gasteiger partial charge in [-0.05, 0) is 17.7 Å². The van der Waals surface area contributed by atoms with Gasteiger partial charge in [0.2, 0.25) is 11.7 Å². The zero-order chi connectivity index (χ0) is 18.4. The SMILES string of the molecule is COc1cc(CNC(=O)Cn2ccc(=O)[nH]c2=O)cc(OC)c1OC. The van der Waals surface area contributed by atoms with Gasteiger partial charge in [-0.15, -0.1) is 0 Å². The van der Waals surface area contributed by atoms with Crippen LogP contribution >= 0.6 is 0 Å². The number of rotatable bonds is 7. The van der Waals surface area contributed by atoms with Crippen molar-refractivity contribution in [2.24, 2.45) is 0 Å². The van der Waals surface area contributed by atoms with Crippen molar-refractivity contribution in [1.82, 2.24) is 14.9 Å². The Hall–Kier alpha value is -3.23. The van der Waals surface area contributed by atoms with Crippen LogP contribution in [0, 0.1) is 0 Å². The van der Waals surface area contributed by atoms with Gasteiger partial charge in [-0.25, -0.2) is 4.79 Å². The van der Waals surface area contributed by atoms with Gasteiger partial charge in [-0.3, -0.25) is 19.1 Å². The van der Waals surface area contributed by atoms with E-state index in [1.807, 2.05) is 0 Å². The van der Waals surface area contributed by atoms with Crippen LogP contribution in [0.1, 0.15) is 5.56 Å². The number of benzene rings is 1. The molecule has 0 saturated carbocycles. The molecule has 1 aromatic heterocycles. The Morgan fingerprint density at radius 1 is 1.12 bits per heavy atom. The van der Waals surface area contributed by atoms with Gasteiger partial charge in [0.1, 0.15) is 6.54 Å². The summed E-state index contributed by atoms with van der Waals surface area (Å²) in [5, 5.41) is 2.69. The first kappa shape index (κ1) is 18.1. The maximum atomic E-state index is 12.0. The Morgan fingerprint density at radius 2 is 1.76 bits per heavy atom. The van der Waals surface area contributed by atoms with E-state index in [9.17, 15) is 14.4 Å². The molecule has 1 aromatic carbocycles. The average Bonchev–Trinajstić information content (AvgIpc) is 2.61. The van der Waals surface area contributed by atoms with E-state index in [0.29, 0.717) is 17.2 Å². The van der Waals surface area contributed by atoms with Crippen molar-refractivity contribution >= 4 is 5.91 Å². The Balaban J connectivity index is 2.08. The zero-order valence-electron chi connectivity index (χ0n) is 14.1. The lowest BCUT2D eigenvalue weighted by Crippen LogP contribution is -2.35. The first-order valence-corrected chi connectivity index (χ1v) is 7.33. The van der Waals surface area contributed by atoms with Crippen molar-refractivity contribution in [2.45, 2.75) is 13.1 Å². The second kappa shape index (κ2) is 8.04. The third kappa shape index (κ3) is 4.40. The summed E-state index contributed by atoms with van der Waals surface area (Å²) in [5.74, 6) is 1.02. The number of hydrogen-bond acceptors (Lipinski definition) is 6. The van der Waals surface area contributed by atoms with Crippen LogP contribution in [0.2, 0.25) is 0 Å². The molecule has 0 aliphatic heterocycles. The second-order valence-corrected chi connectivity index (χ2v) is 5.05. The van der Waals surface area contributed by atoms with Gasteiger partial charge in [-0.2, -0.15) is 0 Å². The molecular formula is C16H19N3O6. The molecule has 0 bridgehead atoms. The highest BCUT2D eigenvalue weighted by Crippen LogP contribution is 2.38. The Labute approximate surface area is 143 Å². The first-order valence-electron chi connectivity index (χ1n) is 7.33. The van der Waals surface area contributed by atoms with Gasteiger partial charge >= 0.3 is 5.69 Å². The molecular weight excluding hydrogens is 330 g/mol. The van der Waals surface area contributed by atoms with Crippen molar-refractivity contribution < 1.29 is 19.0 Å². The largest absolute Gasteiger partial charge is 0.493 e. The van der Waals surface area contributed by atoms with Crippen molar-refractivity contribution in [2.75, 3.05) is 21.3 Å². The van der Waals surface area contributed by atoms with Crippen LogP contribution in [0.3, 0.4) is 0 Å². The summed E-state index contributed by atoms with van der Waals surface area (Å²) in [4.78, 5) is 36.7. The predicted molar refractivity (Wildman–Crippen MR) is 89.3 cm³/mol. The summed E-state index contributed by atoms with van der Waals surface area (Å²) in [5.41, 5.74) is -0.425. The number of nitrogens with one attached hydrogen (secondary N) is 2. The van der Waals surface area contributed by atoms with Gasteiger partial charge in [0, 0.05) is 18.8 Å². The zero-order valence-corrected chi connectivity index (χ0v) is 14.1. The Kier molecular flexibility index (Phi) is 5.83. The van der Waals surface area contributed by atoms with Gasteiger partial charge in [0.25, 0.3) is 5.56 Å². The van der Waals surface area contributed by atoms with E-state index in [4.69, 9.17) is 14.2 Å².